The number of anilines is 1. The molecule has 0 saturated carbocycles. The van der Waals surface area contributed by atoms with Crippen LogP contribution >= 0.6 is 0 Å². The van der Waals surface area contributed by atoms with Crippen LogP contribution in [0.15, 0.2) is 84.9 Å². The van der Waals surface area contributed by atoms with Crippen molar-refractivity contribution in [2.75, 3.05) is 5.32 Å². The first kappa shape index (κ1) is 15.2. The van der Waals surface area contributed by atoms with Crippen LogP contribution in [0.3, 0.4) is 0 Å². The lowest BCUT2D eigenvalue weighted by atomic mass is 10.1. The van der Waals surface area contributed by atoms with Crippen LogP contribution in [-0.4, -0.2) is 6.09 Å². The fourth-order valence-corrected chi connectivity index (χ4v) is 2.90. The van der Waals surface area contributed by atoms with E-state index in [-0.39, 0.29) is 6.61 Å². The van der Waals surface area contributed by atoms with Gasteiger partial charge < -0.3 is 4.74 Å². The lowest BCUT2D eigenvalue weighted by Crippen LogP contribution is -2.13. The smallest absolute Gasteiger partial charge is 0.411 e. The van der Waals surface area contributed by atoms with Gasteiger partial charge in [0.25, 0.3) is 0 Å². The van der Waals surface area contributed by atoms with Crippen molar-refractivity contribution in [3.05, 3.63) is 90.5 Å². The molecular weight excluding hydrogens is 310 g/mol. The molecule has 25 heavy (non-hydrogen) atoms. The average molecular weight is 327 g/mol. The van der Waals surface area contributed by atoms with Gasteiger partial charge in [-0.1, -0.05) is 66.7 Å². The van der Waals surface area contributed by atoms with E-state index in [1.165, 1.54) is 5.39 Å². The lowest BCUT2D eigenvalue weighted by molar-refractivity contribution is 0.155. The molecule has 4 aromatic rings. The largest absolute Gasteiger partial charge is 0.444 e. The molecule has 4 aromatic carbocycles. The lowest BCUT2D eigenvalue weighted by Gasteiger charge is -2.09. The maximum Gasteiger partial charge on any atom is 0.411 e. The number of hydrogen-bond donors (Lipinski definition) is 1. The van der Waals surface area contributed by atoms with Crippen molar-refractivity contribution in [2.45, 2.75) is 6.61 Å². The predicted octanol–water partition coefficient (Wildman–Crippen LogP) is 5.74. The third-order valence-corrected chi connectivity index (χ3v) is 4.18. The number of carbonyl (C=O) groups is 1. The maximum atomic E-state index is 12.1. The Labute approximate surface area is 145 Å². The Hall–Kier alpha value is -3.33. The first-order valence-electron chi connectivity index (χ1n) is 8.18. The van der Waals surface area contributed by atoms with Gasteiger partial charge in [0.2, 0.25) is 0 Å². The maximum absolute atomic E-state index is 12.1. The molecule has 0 bridgehead atoms. The number of amides is 1. The van der Waals surface area contributed by atoms with Crippen LogP contribution in [-0.2, 0) is 11.3 Å². The van der Waals surface area contributed by atoms with Gasteiger partial charge in [-0.3, -0.25) is 5.32 Å². The van der Waals surface area contributed by atoms with E-state index in [0.29, 0.717) is 0 Å². The van der Waals surface area contributed by atoms with Gasteiger partial charge in [-0.15, -0.1) is 0 Å². The highest BCUT2D eigenvalue weighted by atomic mass is 16.5. The topological polar surface area (TPSA) is 38.3 Å². The van der Waals surface area contributed by atoms with Gasteiger partial charge in [-0.05, 0) is 45.3 Å². The van der Waals surface area contributed by atoms with Crippen LogP contribution in [0.4, 0.5) is 10.5 Å². The van der Waals surface area contributed by atoms with Gasteiger partial charge in [0.15, 0.2) is 0 Å². The van der Waals surface area contributed by atoms with E-state index >= 15 is 0 Å². The molecule has 3 heteroatoms. The molecule has 0 aliphatic carbocycles. The number of hydrogen-bond acceptors (Lipinski definition) is 2. The molecule has 0 unspecified atom stereocenters. The number of carbonyl (C=O) groups excluding carboxylic acids is 1. The van der Waals surface area contributed by atoms with E-state index in [1.54, 1.807) is 0 Å². The molecular formula is C22H17NO2. The molecule has 0 heterocycles. The second-order valence-electron chi connectivity index (χ2n) is 5.94. The van der Waals surface area contributed by atoms with Crippen molar-refractivity contribution in [1.29, 1.82) is 0 Å². The molecule has 0 aliphatic rings. The van der Waals surface area contributed by atoms with Gasteiger partial charge in [-0.25, -0.2) is 4.79 Å². The van der Waals surface area contributed by atoms with Crippen molar-refractivity contribution >= 4 is 33.3 Å². The Morgan fingerprint density at radius 3 is 2.04 bits per heavy atom. The summed E-state index contributed by atoms with van der Waals surface area (Å²) in [7, 11) is 0. The van der Waals surface area contributed by atoms with Crippen LogP contribution in [0.25, 0.3) is 21.5 Å². The van der Waals surface area contributed by atoms with E-state index in [9.17, 15) is 4.79 Å². The van der Waals surface area contributed by atoms with Crippen molar-refractivity contribution in [3.8, 4) is 0 Å². The SMILES string of the molecule is O=C(Nc1ccc2ccccc2c1)OCc1ccc2ccccc2c1. The molecule has 0 spiro atoms. The molecule has 0 aliphatic heterocycles. The summed E-state index contributed by atoms with van der Waals surface area (Å²) in [6, 6.07) is 28.0. The zero-order valence-corrected chi connectivity index (χ0v) is 13.6. The van der Waals surface area contributed by atoms with Gasteiger partial charge in [0.1, 0.15) is 6.61 Å². The van der Waals surface area contributed by atoms with Gasteiger partial charge in [-0.2, -0.15) is 0 Å². The number of rotatable bonds is 3. The monoisotopic (exact) mass is 327 g/mol. The molecule has 122 valence electrons. The molecule has 4 rings (SSSR count). The summed E-state index contributed by atoms with van der Waals surface area (Å²) >= 11 is 0. The normalized spacial score (nSPS) is 10.7. The summed E-state index contributed by atoms with van der Waals surface area (Å²) in [6.45, 7) is 0.240. The quantitative estimate of drug-likeness (QED) is 0.521. The minimum Gasteiger partial charge on any atom is -0.444 e. The number of nitrogens with one attached hydrogen (secondary N) is 1. The fourth-order valence-electron chi connectivity index (χ4n) is 2.90. The van der Waals surface area contributed by atoms with E-state index in [1.807, 2.05) is 78.9 Å². The van der Waals surface area contributed by atoms with E-state index in [4.69, 9.17) is 4.74 Å². The summed E-state index contributed by atoms with van der Waals surface area (Å²) in [4.78, 5) is 12.1. The van der Waals surface area contributed by atoms with Crippen LogP contribution in [0.5, 0.6) is 0 Å². The Kier molecular flexibility index (Phi) is 4.05. The highest BCUT2D eigenvalue weighted by molar-refractivity contribution is 5.91. The van der Waals surface area contributed by atoms with Gasteiger partial charge >= 0.3 is 6.09 Å². The molecule has 0 saturated heterocycles. The van der Waals surface area contributed by atoms with Crippen molar-refractivity contribution < 1.29 is 9.53 Å². The highest BCUT2D eigenvalue weighted by Crippen LogP contribution is 2.19. The zero-order valence-electron chi connectivity index (χ0n) is 13.6. The Bertz CT molecular complexity index is 1060. The van der Waals surface area contributed by atoms with E-state index in [2.05, 4.69) is 11.4 Å². The Balaban J connectivity index is 1.42. The number of benzene rings is 4. The predicted molar refractivity (Wildman–Crippen MR) is 102 cm³/mol. The summed E-state index contributed by atoms with van der Waals surface area (Å²) in [5.41, 5.74) is 1.69. The van der Waals surface area contributed by atoms with Crippen molar-refractivity contribution in [1.82, 2.24) is 0 Å². The minimum atomic E-state index is -0.455. The van der Waals surface area contributed by atoms with E-state index in [0.717, 1.165) is 27.4 Å². The molecule has 1 N–H and O–H groups in total. The third kappa shape index (κ3) is 3.45. The zero-order chi connectivity index (χ0) is 17.1. The van der Waals surface area contributed by atoms with Crippen LogP contribution in [0.1, 0.15) is 5.56 Å². The minimum absolute atomic E-state index is 0.240. The van der Waals surface area contributed by atoms with Crippen LogP contribution in [0, 0.1) is 0 Å². The second kappa shape index (κ2) is 6.65. The van der Waals surface area contributed by atoms with Crippen molar-refractivity contribution in [2.24, 2.45) is 0 Å². The molecule has 0 radical (unpaired) electrons. The highest BCUT2D eigenvalue weighted by Gasteiger charge is 2.05. The molecule has 0 aromatic heterocycles. The van der Waals surface area contributed by atoms with Gasteiger partial charge in [0, 0.05) is 5.69 Å². The van der Waals surface area contributed by atoms with E-state index < -0.39 is 6.09 Å². The average Bonchev–Trinajstić information content (AvgIpc) is 2.66. The third-order valence-electron chi connectivity index (χ3n) is 4.18. The fraction of sp³-hybridized carbons (Fsp3) is 0.0455. The number of fused-ring (bicyclic) bond motifs is 2. The first-order chi connectivity index (χ1) is 12.3. The molecule has 3 nitrogen and oxygen atoms in total. The number of ether oxygens (including phenoxy) is 1. The first-order valence-corrected chi connectivity index (χ1v) is 8.18. The Morgan fingerprint density at radius 1 is 0.720 bits per heavy atom. The van der Waals surface area contributed by atoms with Gasteiger partial charge in [0.05, 0.1) is 0 Å². The molecule has 1 amide bonds. The second-order valence-corrected chi connectivity index (χ2v) is 5.94. The van der Waals surface area contributed by atoms with Crippen LogP contribution in [0.2, 0.25) is 0 Å². The standard InChI is InChI=1S/C22H17NO2/c24-22(23-21-12-11-18-6-2-4-8-20(18)14-21)25-15-16-9-10-17-5-1-3-7-19(17)13-16/h1-14H,15H2,(H,23,24). The summed E-state index contributed by atoms with van der Waals surface area (Å²) in [5, 5.41) is 7.31. The van der Waals surface area contributed by atoms with Crippen LogP contribution < -0.4 is 5.32 Å². The molecule has 0 fully saturated rings. The molecule has 0 atom stereocenters. The summed E-state index contributed by atoms with van der Waals surface area (Å²) in [5.74, 6) is 0. The summed E-state index contributed by atoms with van der Waals surface area (Å²) < 4.78 is 5.34. The summed E-state index contributed by atoms with van der Waals surface area (Å²) in [6.07, 6.45) is -0.455. The Morgan fingerprint density at radius 2 is 1.32 bits per heavy atom. The van der Waals surface area contributed by atoms with Crippen molar-refractivity contribution in [3.63, 3.8) is 0 Å².